The van der Waals surface area contributed by atoms with Gasteiger partial charge < -0.3 is 19.5 Å². The number of nitrogens with zero attached hydrogens (tertiary/aromatic N) is 1. The maximum absolute atomic E-state index is 12.4. The van der Waals surface area contributed by atoms with Crippen LogP contribution < -0.4 is 0 Å². The highest BCUT2D eigenvalue weighted by molar-refractivity contribution is 7.13. The van der Waals surface area contributed by atoms with Crippen LogP contribution in [0.3, 0.4) is 0 Å². The number of fused-ring (bicyclic) bond motifs is 2. The Balaban J connectivity index is 1.86. The number of hydrogen-bond donors (Lipinski definition) is 1. The Morgan fingerprint density at radius 1 is 1.27 bits per heavy atom. The van der Waals surface area contributed by atoms with E-state index in [1.54, 1.807) is 7.11 Å². The smallest absolute Gasteiger partial charge is 0.311 e. The molecule has 1 atom stereocenters. The average Bonchev–Trinajstić information content (AvgIpc) is 3.12. The molecule has 2 aliphatic rings. The van der Waals surface area contributed by atoms with Gasteiger partial charge in [-0.15, -0.1) is 11.3 Å². The zero-order valence-electron chi connectivity index (χ0n) is 17.8. The fraction of sp³-hybridized carbons (Fsp3) is 0.458. The molecule has 1 aromatic carbocycles. The number of methoxy groups -OCH3 is 1. The van der Waals surface area contributed by atoms with E-state index in [-0.39, 0.29) is 18.3 Å². The van der Waals surface area contributed by atoms with Gasteiger partial charge in [-0.1, -0.05) is 24.3 Å². The normalized spacial score (nSPS) is 21.9. The maximum atomic E-state index is 12.4. The van der Waals surface area contributed by atoms with E-state index in [0.29, 0.717) is 6.61 Å². The zero-order valence-corrected chi connectivity index (χ0v) is 18.6. The molecule has 160 valence electrons. The number of aliphatic hydroxyl groups is 1. The molecule has 1 fully saturated rings. The first kappa shape index (κ1) is 21.1. The number of hydrogen-bond acceptors (Lipinski definition) is 6. The predicted octanol–water partition coefficient (Wildman–Crippen LogP) is 3.89. The van der Waals surface area contributed by atoms with Crippen molar-refractivity contribution in [3.05, 3.63) is 56.8 Å². The molecule has 4 rings (SSSR count). The molecule has 30 heavy (non-hydrogen) atoms. The van der Waals surface area contributed by atoms with Crippen LogP contribution in [0, 0.1) is 5.92 Å². The van der Waals surface area contributed by atoms with E-state index in [9.17, 15) is 9.90 Å². The van der Waals surface area contributed by atoms with E-state index in [1.165, 1.54) is 11.3 Å². The number of piperidine rings is 1. The SMILES string of the molecule is CCOC(=O)Cc1cc2c(s1)C(OC)=Cc1ccccc1C2(O)C1CCN(C)CC1. The van der Waals surface area contributed by atoms with Crippen LogP contribution in [0.4, 0.5) is 0 Å². The minimum atomic E-state index is -1.13. The quantitative estimate of drug-likeness (QED) is 0.734. The molecule has 1 N–H and O–H groups in total. The molecule has 1 aliphatic carbocycles. The molecule has 2 heterocycles. The number of rotatable bonds is 5. The second kappa shape index (κ2) is 8.53. The summed E-state index contributed by atoms with van der Waals surface area (Å²) in [6.45, 7) is 4.08. The predicted molar refractivity (Wildman–Crippen MR) is 119 cm³/mol. The third-order valence-electron chi connectivity index (χ3n) is 6.23. The second-order valence-electron chi connectivity index (χ2n) is 8.08. The highest BCUT2D eigenvalue weighted by Gasteiger charge is 2.46. The van der Waals surface area contributed by atoms with Crippen molar-refractivity contribution in [3.63, 3.8) is 0 Å². The Hall–Kier alpha value is -2.15. The van der Waals surface area contributed by atoms with Crippen molar-refractivity contribution in [2.75, 3.05) is 33.9 Å². The van der Waals surface area contributed by atoms with E-state index in [1.807, 2.05) is 43.3 Å². The second-order valence-corrected chi connectivity index (χ2v) is 9.22. The lowest BCUT2D eigenvalue weighted by molar-refractivity contribution is -0.142. The zero-order chi connectivity index (χ0) is 21.3. The lowest BCUT2D eigenvalue weighted by Gasteiger charge is -2.41. The summed E-state index contributed by atoms with van der Waals surface area (Å²) in [5, 5.41) is 12.4. The molecule has 1 aliphatic heterocycles. The van der Waals surface area contributed by atoms with Crippen molar-refractivity contribution in [2.45, 2.75) is 31.8 Å². The van der Waals surface area contributed by atoms with Crippen LogP contribution in [0.25, 0.3) is 11.8 Å². The van der Waals surface area contributed by atoms with Gasteiger partial charge >= 0.3 is 5.97 Å². The molecular formula is C24H29NO4S. The largest absolute Gasteiger partial charge is 0.495 e. The van der Waals surface area contributed by atoms with Crippen LogP contribution >= 0.6 is 11.3 Å². The first-order valence-corrected chi connectivity index (χ1v) is 11.3. The van der Waals surface area contributed by atoms with Gasteiger partial charge in [-0.25, -0.2) is 0 Å². The molecule has 0 saturated carbocycles. The van der Waals surface area contributed by atoms with Crippen LogP contribution in [0.15, 0.2) is 30.3 Å². The molecule has 0 spiro atoms. The minimum Gasteiger partial charge on any atom is -0.495 e. The van der Waals surface area contributed by atoms with E-state index in [2.05, 4.69) is 11.9 Å². The molecule has 5 nitrogen and oxygen atoms in total. The summed E-state index contributed by atoms with van der Waals surface area (Å²) in [6, 6.07) is 10.0. The van der Waals surface area contributed by atoms with Gasteiger partial charge in [0.1, 0.15) is 11.4 Å². The fourth-order valence-electron chi connectivity index (χ4n) is 4.69. The van der Waals surface area contributed by atoms with Crippen LogP contribution in [-0.2, 0) is 26.3 Å². The summed E-state index contributed by atoms with van der Waals surface area (Å²) in [7, 11) is 3.78. The molecule has 6 heteroatoms. The number of esters is 1. The molecule has 2 aromatic rings. The van der Waals surface area contributed by atoms with Crippen molar-refractivity contribution in [3.8, 4) is 0 Å². The standard InChI is InChI=1S/C24H29NO4S/c1-4-29-22(26)15-18-14-20-23(30-18)21(28-3)13-16-7-5-6-8-19(16)24(20,27)17-9-11-25(2)12-10-17/h5-8,13-14,17,27H,4,9-12,15H2,1-3H3. The Labute approximate surface area is 181 Å². The summed E-state index contributed by atoms with van der Waals surface area (Å²) in [6.07, 6.45) is 4.03. The van der Waals surface area contributed by atoms with Gasteiger partial charge in [0, 0.05) is 10.4 Å². The van der Waals surface area contributed by atoms with Gasteiger partial charge in [0.25, 0.3) is 0 Å². The number of benzene rings is 1. The highest BCUT2D eigenvalue weighted by Crippen LogP contribution is 2.50. The summed E-state index contributed by atoms with van der Waals surface area (Å²) < 4.78 is 10.9. The number of ether oxygens (including phenoxy) is 2. The van der Waals surface area contributed by atoms with Gasteiger partial charge in [0.2, 0.25) is 0 Å². The third-order valence-corrected chi connectivity index (χ3v) is 7.38. The van der Waals surface area contributed by atoms with Gasteiger partial charge in [-0.2, -0.15) is 0 Å². The van der Waals surface area contributed by atoms with E-state index in [0.717, 1.165) is 58.1 Å². The number of likely N-dealkylation sites (tertiary alicyclic amines) is 1. The molecule has 1 saturated heterocycles. The Morgan fingerprint density at radius 2 is 2.00 bits per heavy atom. The van der Waals surface area contributed by atoms with Crippen molar-refractivity contribution < 1.29 is 19.4 Å². The van der Waals surface area contributed by atoms with Crippen LogP contribution in [0.5, 0.6) is 0 Å². The van der Waals surface area contributed by atoms with Crippen LogP contribution in [0.2, 0.25) is 0 Å². The van der Waals surface area contributed by atoms with Gasteiger partial charge in [0.05, 0.1) is 25.0 Å². The van der Waals surface area contributed by atoms with Crippen molar-refractivity contribution in [1.29, 1.82) is 0 Å². The van der Waals surface area contributed by atoms with Crippen LogP contribution in [-0.4, -0.2) is 49.8 Å². The topological polar surface area (TPSA) is 59.0 Å². The summed E-state index contributed by atoms with van der Waals surface area (Å²) >= 11 is 1.51. The van der Waals surface area contributed by atoms with Gasteiger partial charge in [-0.05, 0) is 69.1 Å². The monoisotopic (exact) mass is 427 g/mol. The van der Waals surface area contributed by atoms with E-state index >= 15 is 0 Å². The Bertz CT molecular complexity index is 958. The van der Waals surface area contributed by atoms with Gasteiger partial charge in [0.15, 0.2) is 0 Å². The summed E-state index contributed by atoms with van der Waals surface area (Å²) in [5.74, 6) is 0.560. The third kappa shape index (κ3) is 3.68. The molecule has 0 radical (unpaired) electrons. The summed E-state index contributed by atoms with van der Waals surface area (Å²) in [4.78, 5) is 16.2. The number of carbonyl (C=O) groups is 1. The first-order chi connectivity index (χ1) is 14.5. The van der Waals surface area contributed by atoms with E-state index < -0.39 is 5.60 Å². The Morgan fingerprint density at radius 3 is 2.70 bits per heavy atom. The van der Waals surface area contributed by atoms with Crippen molar-refractivity contribution in [2.24, 2.45) is 5.92 Å². The Kier molecular flexibility index (Phi) is 6.00. The number of carbonyl (C=O) groups excluding carboxylic acids is 1. The van der Waals surface area contributed by atoms with Gasteiger partial charge in [-0.3, -0.25) is 4.79 Å². The molecule has 1 unspecified atom stereocenters. The minimum absolute atomic E-state index is 0.0863. The molecule has 0 bridgehead atoms. The van der Waals surface area contributed by atoms with Crippen molar-refractivity contribution in [1.82, 2.24) is 4.90 Å². The summed E-state index contributed by atoms with van der Waals surface area (Å²) in [5.41, 5.74) is 1.60. The van der Waals surface area contributed by atoms with Crippen LogP contribution in [0.1, 0.15) is 46.2 Å². The number of thiophene rings is 1. The first-order valence-electron chi connectivity index (χ1n) is 10.5. The van der Waals surface area contributed by atoms with E-state index in [4.69, 9.17) is 9.47 Å². The van der Waals surface area contributed by atoms with Crippen molar-refractivity contribution >= 4 is 29.1 Å². The lowest BCUT2D eigenvalue weighted by Crippen LogP contribution is -2.43. The molecule has 1 aromatic heterocycles. The maximum Gasteiger partial charge on any atom is 0.311 e. The molecule has 0 amide bonds. The lowest BCUT2D eigenvalue weighted by atomic mass is 9.71. The fourth-order valence-corrected chi connectivity index (χ4v) is 5.89. The molecular weight excluding hydrogens is 398 g/mol. The highest BCUT2D eigenvalue weighted by atomic mass is 32.1. The average molecular weight is 428 g/mol.